The van der Waals surface area contributed by atoms with Crippen molar-refractivity contribution in [2.75, 3.05) is 0 Å². The molecule has 0 saturated carbocycles. The SMILES string of the molecule is Cc1ccc(CCc2cc(O)c(C)cc2O)cc1. The molecular weight excluding hydrogens is 224 g/mol. The molecule has 0 amide bonds. The number of aromatic hydroxyl groups is 2. The van der Waals surface area contributed by atoms with Gasteiger partial charge >= 0.3 is 0 Å². The fraction of sp³-hybridized carbons (Fsp3) is 0.250. The Labute approximate surface area is 108 Å². The van der Waals surface area contributed by atoms with Gasteiger partial charge in [0.1, 0.15) is 11.5 Å². The summed E-state index contributed by atoms with van der Waals surface area (Å²) in [4.78, 5) is 0. The normalized spacial score (nSPS) is 10.6. The van der Waals surface area contributed by atoms with Gasteiger partial charge in [-0.1, -0.05) is 29.8 Å². The summed E-state index contributed by atoms with van der Waals surface area (Å²) in [5.74, 6) is 0.504. The van der Waals surface area contributed by atoms with Gasteiger partial charge in [0.15, 0.2) is 0 Å². The zero-order valence-electron chi connectivity index (χ0n) is 10.8. The molecule has 0 fully saturated rings. The van der Waals surface area contributed by atoms with Crippen molar-refractivity contribution in [2.24, 2.45) is 0 Å². The first-order valence-electron chi connectivity index (χ1n) is 6.13. The van der Waals surface area contributed by atoms with Crippen LogP contribution in [0.5, 0.6) is 11.5 Å². The summed E-state index contributed by atoms with van der Waals surface area (Å²) in [6.07, 6.45) is 1.58. The van der Waals surface area contributed by atoms with Crippen LogP contribution in [0.4, 0.5) is 0 Å². The molecule has 0 saturated heterocycles. The molecular formula is C16H18O2. The van der Waals surface area contributed by atoms with Crippen LogP contribution in [-0.4, -0.2) is 10.2 Å². The van der Waals surface area contributed by atoms with Gasteiger partial charge in [-0.3, -0.25) is 0 Å². The standard InChI is InChI=1S/C16H18O2/c1-11-3-5-13(6-4-11)7-8-14-10-15(17)12(2)9-16(14)18/h3-6,9-10,17-18H,7-8H2,1-2H3. The molecule has 2 nitrogen and oxygen atoms in total. The number of hydrogen-bond acceptors (Lipinski definition) is 2. The van der Waals surface area contributed by atoms with Crippen LogP contribution in [-0.2, 0) is 12.8 Å². The lowest BCUT2D eigenvalue weighted by atomic mass is 10.0. The zero-order valence-corrected chi connectivity index (χ0v) is 10.8. The Morgan fingerprint density at radius 3 is 2.17 bits per heavy atom. The Morgan fingerprint density at radius 2 is 1.50 bits per heavy atom. The highest BCUT2D eigenvalue weighted by Crippen LogP contribution is 2.27. The van der Waals surface area contributed by atoms with Crippen LogP contribution in [0.2, 0.25) is 0 Å². The third-order valence-electron chi connectivity index (χ3n) is 3.20. The van der Waals surface area contributed by atoms with Crippen LogP contribution in [0.3, 0.4) is 0 Å². The summed E-state index contributed by atoms with van der Waals surface area (Å²) in [7, 11) is 0. The van der Waals surface area contributed by atoms with E-state index in [2.05, 4.69) is 31.2 Å². The van der Waals surface area contributed by atoms with Crippen molar-refractivity contribution >= 4 is 0 Å². The zero-order chi connectivity index (χ0) is 13.1. The molecule has 2 aromatic carbocycles. The van der Waals surface area contributed by atoms with E-state index in [4.69, 9.17) is 0 Å². The van der Waals surface area contributed by atoms with E-state index < -0.39 is 0 Å². The van der Waals surface area contributed by atoms with E-state index in [1.165, 1.54) is 11.1 Å². The number of aryl methyl sites for hydroxylation is 4. The quantitative estimate of drug-likeness (QED) is 0.809. The molecule has 2 heteroatoms. The number of benzene rings is 2. The van der Waals surface area contributed by atoms with Crippen molar-refractivity contribution in [3.63, 3.8) is 0 Å². The van der Waals surface area contributed by atoms with Gasteiger partial charge in [0.2, 0.25) is 0 Å². The highest BCUT2D eigenvalue weighted by Gasteiger charge is 2.06. The molecule has 0 aliphatic carbocycles. The molecule has 0 spiro atoms. The molecule has 0 unspecified atom stereocenters. The minimum atomic E-state index is 0.242. The molecule has 0 aliphatic heterocycles. The number of hydrogen-bond donors (Lipinski definition) is 2. The maximum absolute atomic E-state index is 9.83. The lowest BCUT2D eigenvalue weighted by Gasteiger charge is -2.08. The van der Waals surface area contributed by atoms with Gasteiger partial charge in [-0.15, -0.1) is 0 Å². The van der Waals surface area contributed by atoms with Gasteiger partial charge < -0.3 is 10.2 Å². The third-order valence-corrected chi connectivity index (χ3v) is 3.20. The van der Waals surface area contributed by atoms with Crippen LogP contribution in [0, 0.1) is 13.8 Å². The molecule has 0 heterocycles. The summed E-state index contributed by atoms with van der Waals surface area (Å²) in [6.45, 7) is 3.84. The summed E-state index contributed by atoms with van der Waals surface area (Å²) >= 11 is 0. The molecule has 18 heavy (non-hydrogen) atoms. The largest absolute Gasteiger partial charge is 0.508 e. The molecule has 0 aromatic heterocycles. The maximum atomic E-state index is 9.83. The average molecular weight is 242 g/mol. The smallest absolute Gasteiger partial charge is 0.119 e. The fourth-order valence-electron chi connectivity index (χ4n) is 1.96. The fourth-order valence-corrected chi connectivity index (χ4v) is 1.96. The van der Waals surface area contributed by atoms with Crippen LogP contribution in [0.15, 0.2) is 36.4 Å². The van der Waals surface area contributed by atoms with Gasteiger partial charge in [-0.25, -0.2) is 0 Å². The molecule has 2 aromatic rings. The maximum Gasteiger partial charge on any atom is 0.119 e. The van der Waals surface area contributed by atoms with E-state index in [0.29, 0.717) is 5.56 Å². The number of rotatable bonds is 3. The molecule has 2 N–H and O–H groups in total. The Kier molecular flexibility index (Phi) is 3.56. The molecule has 0 radical (unpaired) electrons. The van der Waals surface area contributed by atoms with Crippen molar-refractivity contribution in [2.45, 2.75) is 26.7 Å². The van der Waals surface area contributed by atoms with Crippen molar-refractivity contribution in [1.82, 2.24) is 0 Å². The van der Waals surface area contributed by atoms with Crippen LogP contribution in [0.1, 0.15) is 22.3 Å². The van der Waals surface area contributed by atoms with Gasteiger partial charge in [0.05, 0.1) is 0 Å². The Morgan fingerprint density at radius 1 is 0.833 bits per heavy atom. The first kappa shape index (κ1) is 12.5. The second-order valence-electron chi connectivity index (χ2n) is 4.75. The number of phenols is 2. The van der Waals surface area contributed by atoms with Crippen LogP contribution in [0.25, 0.3) is 0 Å². The van der Waals surface area contributed by atoms with Crippen LogP contribution < -0.4 is 0 Å². The predicted molar refractivity (Wildman–Crippen MR) is 73.1 cm³/mol. The summed E-state index contributed by atoms with van der Waals surface area (Å²) in [5, 5.41) is 19.5. The molecule has 0 atom stereocenters. The van der Waals surface area contributed by atoms with Crippen molar-refractivity contribution < 1.29 is 10.2 Å². The van der Waals surface area contributed by atoms with E-state index in [1.54, 1.807) is 19.1 Å². The Balaban J connectivity index is 2.10. The molecule has 0 bridgehead atoms. The Hall–Kier alpha value is -1.96. The van der Waals surface area contributed by atoms with E-state index in [-0.39, 0.29) is 11.5 Å². The van der Waals surface area contributed by atoms with E-state index in [9.17, 15) is 10.2 Å². The minimum Gasteiger partial charge on any atom is -0.508 e. The van der Waals surface area contributed by atoms with Gasteiger partial charge in [-0.05, 0) is 55.5 Å². The van der Waals surface area contributed by atoms with Gasteiger partial charge in [0.25, 0.3) is 0 Å². The first-order chi connectivity index (χ1) is 8.56. The molecule has 0 aliphatic rings. The topological polar surface area (TPSA) is 40.5 Å². The minimum absolute atomic E-state index is 0.242. The predicted octanol–water partition coefficient (Wildman–Crippen LogP) is 3.50. The highest BCUT2D eigenvalue weighted by molar-refractivity contribution is 5.44. The van der Waals surface area contributed by atoms with Crippen molar-refractivity contribution in [3.05, 3.63) is 58.7 Å². The van der Waals surface area contributed by atoms with Crippen molar-refractivity contribution in [3.8, 4) is 11.5 Å². The van der Waals surface area contributed by atoms with E-state index >= 15 is 0 Å². The van der Waals surface area contributed by atoms with Gasteiger partial charge in [0, 0.05) is 0 Å². The van der Waals surface area contributed by atoms with Gasteiger partial charge in [-0.2, -0.15) is 0 Å². The van der Waals surface area contributed by atoms with Crippen LogP contribution >= 0.6 is 0 Å². The molecule has 2 rings (SSSR count). The van der Waals surface area contributed by atoms with E-state index in [1.807, 2.05) is 0 Å². The first-order valence-corrected chi connectivity index (χ1v) is 6.13. The second kappa shape index (κ2) is 5.13. The highest BCUT2D eigenvalue weighted by atomic mass is 16.3. The molecule has 94 valence electrons. The second-order valence-corrected chi connectivity index (χ2v) is 4.75. The van der Waals surface area contributed by atoms with E-state index in [0.717, 1.165) is 18.4 Å². The Bertz CT molecular complexity index is 542. The average Bonchev–Trinajstić information content (AvgIpc) is 2.34. The summed E-state index contributed by atoms with van der Waals surface area (Å²) in [6, 6.07) is 11.6. The summed E-state index contributed by atoms with van der Waals surface area (Å²) < 4.78 is 0. The number of phenolic OH excluding ortho intramolecular Hbond substituents is 2. The monoisotopic (exact) mass is 242 g/mol. The summed E-state index contributed by atoms with van der Waals surface area (Å²) in [5.41, 5.74) is 3.97. The lowest BCUT2D eigenvalue weighted by molar-refractivity contribution is 0.451. The third kappa shape index (κ3) is 2.83. The van der Waals surface area contributed by atoms with Crippen molar-refractivity contribution in [1.29, 1.82) is 0 Å². The lowest BCUT2D eigenvalue weighted by Crippen LogP contribution is -1.93.